The number of hydrogen-bond donors (Lipinski definition) is 0. The van der Waals surface area contributed by atoms with E-state index in [9.17, 15) is 13.2 Å². The lowest BCUT2D eigenvalue weighted by atomic mass is 10.0. The number of aryl methyl sites for hydroxylation is 1. The number of nitrogens with zero attached hydrogens (tertiary/aromatic N) is 1. The summed E-state index contributed by atoms with van der Waals surface area (Å²) in [6, 6.07) is 6.37. The highest BCUT2D eigenvalue weighted by molar-refractivity contribution is 5.29. The molecule has 6 heteroatoms. The molecule has 2 saturated heterocycles. The molecule has 3 unspecified atom stereocenters. The highest BCUT2D eigenvalue weighted by Crippen LogP contribution is 2.54. The van der Waals surface area contributed by atoms with Crippen LogP contribution in [0, 0.1) is 17.8 Å². The maximum absolute atomic E-state index is 12.3. The lowest BCUT2D eigenvalue weighted by Crippen LogP contribution is -2.32. The molecule has 1 saturated carbocycles. The van der Waals surface area contributed by atoms with Gasteiger partial charge in [0.1, 0.15) is 5.75 Å². The molecule has 2 heterocycles. The van der Waals surface area contributed by atoms with Crippen LogP contribution in [0.1, 0.15) is 24.8 Å². The third-order valence-electron chi connectivity index (χ3n) is 5.83. The second kappa shape index (κ2) is 6.80. The smallest absolute Gasteiger partial charge is 0.406 e. The molecule has 3 nitrogen and oxygen atoms in total. The second-order valence-corrected chi connectivity index (χ2v) is 7.58. The molecule has 1 aromatic carbocycles. The Kier molecular flexibility index (Phi) is 4.67. The number of fused-ring (bicyclic) bond motifs is 1. The zero-order valence-corrected chi connectivity index (χ0v) is 14.2. The van der Waals surface area contributed by atoms with Crippen molar-refractivity contribution < 1.29 is 22.6 Å². The van der Waals surface area contributed by atoms with Crippen molar-refractivity contribution in [3.05, 3.63) is 29.8 Å². The zero-order chi connectivity index (χ0) is 17.4. The van der Waals surface area contributed by atoms with Crippen molar-refractivity contribution in [2.45, 2.75) is 38.1 Å². The summed E-state index contributed by atoms with van der Waals surface area (Å²) >= 11 is 0. The van der Waals surface area contributed by atoms with Crippen molar-refractivity contribution in [3.8, 4) is 5.75 Å². The first-order chi connectivity index (χ1) is 12.0. The monoisotopic (exact) mass is 355 g/mol. The number of likely N-dealkylation sites (tertiary alicyclic amines) is 1. The standard InChI is InChI=1S/C19H24F3NO2/c20-19(21,22)25-14-4-1-3-13(9-14)6-7-16-17-11-23(12-18(16)17)10-15-5-2-8-24-15/h1,3-4,9,15-18H,2,5-8,10-12H2. The van der Waals surface area contributed by atoms with Crippen LogP contribution in [-0.2, 0) is 11.2 Å². The van der Waals surface area contributed by atoms with Crippen LogP contribution in [0.15, 0.2) is 24.3 Å². The van der Waals surface area contributed by atoms with E-state index in [4.69, 9.17) is 4.74 Å². The Morgan fingerprint density at radius 3 is 2.68 bits per heavy atom. The third kappa shape index (κ3) is 4.29. The summed E-state index contributed by atoms with van der Waals surface area (Å²) in [5, 5.41) is 0. The van der Waals surface area contributed by atoms with Crippen LogP contribution >= 0.6 is 0 Å². The van der Waals surface area contributed by atoms with E-state index in [0.717, 1.165) is 62.4 Å². The fraction of sp³-hybridized carbons (Fsp3) is 0.684. The first kappa shape index (κ1) is 17.2. The Hall–Kier alpha value is -1.27. The van der Waals surface area contributed by atoms with Gasteiger partial charge in [-0.15, -0.1) is 13.2 Å². The molecule has 0 radical (unpaired) electrons. The highest BCUT2D eigenvalue weighted by Gasteiger charge is 2.54. The first-order valence-electron chi connectivity index (χ1n) is 9.16. The van der Waals surface area contributed by atoms with Crippen molar-refractivity contribution in [1.29, 1.82) is 0 Å². The van der Waals surface area contributed by atoms with E-state index in [1.807, 2.05) is 6.07 Å². The van der Waals surface area contributed by atoms with Crippen molar-refractivity contribution in [3.63, 3.8) is 0 Å². The molecule has 0 spiro atoms. The molecular weight excluding hydrogens is 331 g/mol. The van der Waals surface area contributed by atoms with Crippen LogP contribution in [0.3, 0.4) is 0 Å². The van der Waals surface area contributed by atoms with Crippen LogP contribution in [0.25, 0.3) is 0 Å². The van der Waals surface area contributed by atoms with E-state index in [-0.39, 0.29) is 5.75 Å². The Bertz CT molecular complexity index is 589. The van der Waals surface area contributed by atoms with Gasteiger partial charge in [-0.2, -0.15) is 0 Å². The fourth-order valence-electron chi connectivity index (χ4n) is 4.62. The van der Waals surface area contributed by atoms with E-state index < -0.39 is 6.36 Å². The van der Waals surface area contributed by atoms with Crippen LogP contribution in [0.4, 0.5) is 13.2 Å². The first-order valence-corrected chi connectivity index (χ1v) is 9.16. The number of alkyl halides is 3. The normalized spacial score (nSPS) is 32.0. The van der Waals surface area contributed by atoms with Crippen LogP contribution in [-0.4, -0.2) is 43.6 Å². The average molecular weight is 355 g/mol. The Labute approximate surface area is 146 Å². The number of rotatable bonds is 6. The number of ether oxygens (including phenoxy) is 2. The molecule has 1 aliphatic carbocycles. The topological polar surface area (TPSA) is 21.7 Å². The number of piperidine rings is 1. The predicted octanol–water partition coefficient (Wildman–Crippen LogP) is 3.87. The molecule has 3 atom stereocenters. The average Bonchev–Trinajstić information content (AvgIpc) is 2.94. The van der Waals surface area contributed by atoms with E-state index in [2.05, 4.69) is 9.64 Å². The largest absolute Gasteiger partial charge is 0.573 e. The van der Waals surface area contributed by atoms with Gasteiger partial charge in [-0.05, 0) is 61.1 Å². The van der Waals surface area contributed by atoms with Crippen molar-refractivity contribution >= 4 is 0 Å². The third-order valence-corrected chi connectivity index (χ3v) is 5.83. The number of benzene rings is 1. The van der Waals surface area contributed by atoms with Gasteiger partial charge < -0.3 is 14.4 Å². The van der Waals surface area contributed by atoms with Crippen molar-refractivity contribution in [1.82, 2.24) is 4.90 Å². The summed E-state index contributed by atoms with van der Waals surface area (Å²) in [6.07, 6.45) is 0.0409. The minimum Gasteiger partial charge on any atom is -0.406 e. The summed E-state index contributed by atoms with van der Waals surface area (Å²) in [7, 11) is 0. The van der Waals surface area contributed by atoms with Gasteiger partial charge in [0.15, 0.2) is 0 Å². The molecule has 1 aromatic rings. The van der Waals surface area contributed by atoms with Gasteiger partial charge >= 0.3 is 6.36 Å². The molecule has 25 heavy (non-hydrogen) atoms. The quantitative estimate of drug-likeness (QED) is 0.773. The van der Waals surface area contributed by atoms with E-state index in [1.165, 1.54) is 25.0 Å². The zero-order valence-electron chi connectivity index (χ0n) is 14.2. The fourth-order valence-corrected chi connectivity index (χ4v) is 4.62. The lowest BCUT2D eigenvalue weighted by molar-refractivity contribution is -0.274. The molecule has 4 rings (SSSR count). The van der Waals surface area contributed by atoms with Crippen LogP contribution < -0.4 is 4.74 Å². The van der Waals surface area contributed by atoms with Gasteiger partial charge in [0.25, 0.3) is 0 Å². The Morgan fingerprint density at radius 2 is 2.00 bits per heavy atom. The van der Waals surface area contributed by atoms with Crippen LogP contribution in [0.5, 0.6) is 5.75 Å². The van der Waals surface area contributed by atoms with Gasteiger partial charge in [0, 0.05) is 26.2 Å². The van der Waals surface area contributed by atoms with Gasteiger partial charge in [-0.25, -0.2) is 0 Å². The number of halogens is 3. The van der Waals surface area contributed by atoms with Gasteiger partial charge in [0.2, 0.25) is 0 Å². The van der Waals surface area contributed by atoms with E-state index in [0.29, 0.717) is 6.10 Å². The van der Waals surface area contributed by atoms with Gasteiger partial charge in [0.05, 0.1) is 6.10 Å². The van der Waals surface area contributed by atoms with Gasteiger partial charge in [-0.3, -0.25) is 0 Å². The summed E-state index contributed by atoms with van der Waals surface area (Å²) in [5.41, 5.74) is 0.919. The summed E-state index contributed by atoms with van der Waals surface area (Å²) in [6.45, 7) is 4.29. The number of hydrogen-bond acceptors (Lipinski definition) is 3. The van der Waals surface area contributed by atoms with Crippen molar-refractivity contribution in [2.24, 2.45) is 17.8 Å². The molecule has 0 aromatic heterocycles. The van der Waals surface area contributed by atoms with E-state index in [1.54, 1.807) is 6.07 Å². The maximum Gasteiger partial charge on any atom is 0.573 e. The molecule has 3 aliphatic rings. The summed E-state index contributed by atoms with van der Waals surface area (Å²) < 4.78 is 46.6. The second-order valence-electron chi connectivity index (χ2n) is 7.58. The molecule has 0 N–H and O–H groups in total. The minimum absolute atomic E-state index is 0.122. The molecule has 2 aliphatic heterocycles. The van der Waals surface area contributed by atoms with E-state index >= 15 is 0 Å². The van der Waals surface area contributed by atoms with Crippen molar-refractivity contribution in [2.75, 3.05) is 26.2 Å². The summed E-state index contributed by atoms with van der Waals surface area (Å²) in [5.74, 6) is 2.16. The Balaban J connectivity index is 1.21. The van der Waals surface area contributed by atoms with Gasteiger partial charge in [-0.1, -0.05) is 12.1 Å². The molecular formula is C19H24F3NO2. The van der Waals surface area contributed by atoms with Crippen LogP contribution in [0.2, 0.25) is 0 Å². The molecule has 0 bridgehead atoms. The Morgan fingerprint density at radius 1 is 1.20 bits per heavy atom. The molecule has 138 valence electrons. The summed E-state index contributed by atoms with van der Waals surface area (Å²) in [4.78, 5) is 2.53. The lowest BCUT2D eigenvalue weighted by Gasteiger charge is -2.22. The SMILES string of the molecule is FC(F)(F)Oc1cccc(CCC2C3CN(CC4CCCO4)CC23)c1. The molecule has 3 fully saturated rings. The highest BCUT2D eigenvalue weighted by atomic mass is 19.4. The predicted molar refractivity (Wildman–Crippen MR) is 87.3 cm³/mol. The minimum atomic E-state index is -4.63. The maximum atomic E-state index is 12.3. The molecule has 0 amide bonds.